The molecular weight excluding hydrogens is 219 g/mol. The number of allylic oxidation sites excluding steroid dienone is 1. The number of carboxylic acids is 1. The van der Waals surface area contributed by atoms with Crippen LogP contribution >= 0.6 is 0 Å². The van der Waals surface area contributed by atoms with Crippen molar-refractivity contribution in [3.8, 4) is 0 Å². The highest BCUT2D eigenvalue weighted by molar-refractivity contribution is 5.70. The average molecular weight is 236 g/mol. The second kappa shape index (κ2) is 6.84. The molecule has 1 N–H and O–H groups in total. The Hall–Kier alpha value is -1.64. The summed E-state index contributed by atoms with van der Waals surface area (Å²) in [5.74, 6) is -1.49. The summed E-state index contributed by atoms with van der Waals surface area (Å²) in [6.07, 6.45) is 4.51. The van der Waals surface area contributed by atoms with Crippen LogP contribution in [0.3, 0.4) is 0 Å². The lowest BCUT2D eigenvalue weighted by atomic mass is 9.94. The molecular formula is C14H17FO2. The first-order chi connectivity index (χ1) is 8.13. The van der Waals surface area contributed by atoms with Crippen molar-refractivity contribution in [2.75, 3.05) is 0 Å². The molecule has 0 radical (unpaired) electrons. The molecule has 1 unspecified atom stereocenters. The number of aliphatic carboxylic acids is 1. The Morgan fingerprint density at radius 3 is 2.59 bits per heavy atom. The number of halogens is 1. The van der Waals surface area contributed by atoms with Crippen LogP contribution < -0.4 is 0 Å². The quantitative estimate of drug-likeness (QED) is 0.581. The van der Waals surface area contributed by atoms with Gasteiger partial charge in [-0.1, -0.05) is 18.2 Å². The van der Waals surface area contributed by atoms with Gasteiger partial charge in [0.25, 0.3) is 0 Å². The topological polar surface area (TPSA) is 37.3 Å². The molecule has 1 atom stereocenters. The summed E-state index contributed by atoms with van der Waals surface area (Å²) in [6.45, 7) is 3.61. The number of benzene rings is 1. The van der Waals surface area contributed by atoms with E-state index in [1.807, 2.05) is 0 Å². The van der Waals surface area contributed by atoms with E-state index in [4.69, 9.17) is 5.11 Å². The van der Waals surface area contributed by atoms with Gasteiger partial charge < -0.3 is 5.11 Å². The number of carboxylic acid groups (broad SMARTS) is 1. The predicted molar refractivity (Wildman–Crippen MR) is 65.3 cm³/mol. The van der Waals surface area contributed by atoms with E-state index in [2.05, 4.69) is 6.58 Å². The van der Waals surface area contributed by atoms with Gasteiger partial charge in [-0.25, -0.2) is 4.39 Å². The van der Waals surface area contributed by atoms with Crippen LogP contribution in [0.15, 0.2) is 36.9 Å². The summed E-state index contributed by atoms with van der Waals surface area (Å²) >= 11 is 0. The monoisotopic (exact) mass is 236 g/mol. The molecule has 0 aliphatic carbocycles. The van der Waals surface area contributed by atoms with Gasteiger partial charge in [0, 0.05) is 0 Å². The van der Waals surface area contributed by atoms with Gasteiger partial charge in [0.05, 0.1) is 5.92 Å². The highest BCUT2D eigenvalue weighted by Gasteiger charge is 2.17. The van der Waals surface area contributed by atoms with Gasteiger partial charge in [-0.3, -0.25) is 4.79 Å². The lowest BCUT2D eigenvalue weighted by Gasteiger charge is -2.11. The van der Waals surface area contributed by atoms with Crippen molar-refractivity contribution in [3.63, 3.8) is 0 Å². The Labute approximate surface area is 101 Å². The fourth-order valence-corrected chi connectivity index (χ4v) is 1.73. The zero-order chi connectivity index (χ0) is 12.7. The van der Waals surface area contributed by atoms with Gasteiger partial charge in [0.15, 0.2) is 0 Å². The SMILES string of the molecule is C=CCCCC(Cc1ccc(F)cc1)C(=O)O. The largest absolute Gasteiger partial charge is 0.481 e. The number of rotatable bonds is 7. The molecule has 2 nitrogen and oxygen atoms in total. The third-order valence-electron chi connectivity index (χ3n) is 2.71. The Bertz CT molecular complexity index is 370. The summed E-state index contributed by atoms with van der Waals surface area (Å²) in [4.78, 5) is 11.1. The predicted octanol–water partition coefficient (Wildman–Crippen LogP) is 3.43. The minimum atomic E-state index is -0.793. The molecule has 0 bridgehead atoms. The zero-order valence-corrected chi connectivity index (χ0v) is 9.73. The van der Waals surface area contributed by atoms with Gasteiger partial charge in [0.1, 0.15) is 5.82 Å². The van der Waals surface area contributed by atoms with Crippen LogP contribution in [-0.2, 0) is 11.2 Å². The molecule has 0 heterocycles. The molecule has 0 saturated heterocycles. The first-order valence-corrected chi connectivity index (χ1v) is 5.71. The molecule has 17 heavy (non-hydrogen) atoms. The lowest BCUT2D eigenvalue weighted by molar-refractivity contribution is -0.141. The molecule has 1 rings (SSSR count). The minimum Gasteiger partial charge on any atom is -0.481 e. The Balaban J connectivity index is 2.56. The van der Waals surface area contributed by atoms with Crippen molar-refractivity contribution in [1.29, 1.82) is 0 Å². The Morgan fingerprint density at radius 2 is 2.06 bits per heavy atom. The maximum atomic E-state index is 12.7. The van der Waals surface area contributed by atoms with Crippen molar-refractivity contribution in [1.82, 2.24) is 0 Å². The van der Waals surface area contributed by atoms with Gasteiger partial charge in [-0.2, -0.15) is 0 Å². The molecule has 3 heteroatoms. The second-order valence-electron chi connectivity index (χ2n) is 4.09. The fourth-order valence-electron chi connectivity index (χ4n) is 1.73. The summed E-state index contributed by atoms with van der Waals surface area (Å²) in [5.41, 5.74) is 0.859. The van der Waals surface area contributed by atoms with Crippen molar-refractivity contribution in [2.45, 2.75) is 25.7 Å². The standard InChI is InChI=1S/C14H17FO2/c1-2-3-4-5-12(14(16)17)10-11-6-8-13(15)9-7-11/h2,6-9,12H,1,3-5,10H2,(H,16,17). The maximum absolute atomic E-state index is 12.7. The van der Waals surface area contributed by atoms with E-state index in [1.165, 1.54) is 12.1 Å². The molecule has 0 saturated carbocycles. The zero-order valence-electron chi connectivity index (χ0n) is 9.73. The Morgan fingerprint density at radius 1 is 1.41 bits per heavy atom. The molecule has 1 aromatic carbocycles. The first kappa shape index (κ1) is 13.4. The molecule has 0 fully saturated rings. The van der Waals surface area contributed by atoms with E-state index in [1.54, 1.807) is 18.2 Å². The van der Waals surface area contributed by atoms with Gasteiger partial charge in [0.2, 0.25) is 0 Å². The molecule has 0 amide bonds. The van der Waals surface area contributed by atoms with E-state index in [0.717, 1.165) is 18.4 Å². The summed E-state index contributed by atoms with van der Waals surface area (Å²) in [7, 11) is 0. The van der Waals surface area contributed by atoms with E-state index >= 15 is 0 Å². The smallest absolute Gasteiger partial charge is 0.306 e. The van der Waals surface area contributed by atoms with Gasteiger partial charge in [-0.05, 0) is 43.4 Å². The van der Waals surface area contributed by atoms with E-state index in [0.29, 0.717) is 12.8 Å². The first-order valence-electron chi connectivity index (χ1n) is 5.71. The molecule has 92 valence electrons. The molecule has 0 spiro atoms. The van der Waals surface area contributed by atoms with Crippen LogP contribution in [0, 0.1) is 11.7 Å². The van der Waals surface area contributed by atoms with Crippen molar-refractivity contribution < 1.29 is 14.3 Å². The highest BCUT2D eigenvalue weighted by atomic mass is 19.1. The molecule has 0 aliphatic rings. The summed E-state index contributed by atoms with van der Waals surface area (Å²) < 4.78 is 12.7. The number of carbonyl (C=O) groups is 1. The van der Waals surface area contributed by atoms with Crippen LogP contribution in [0.25, 0.3) is 0 Å². The number of hydrogen-bond donors (Lipinski definition) is 1. The number of hydrogen-bond acceptors (Lipinski definition) is 1. The summed E-state index contributed by atoms with van der Waals surface area (Å²) in [5, 5.41) is 9.09. The van der Waals surface area contributed by atoms with Crippen LogP contribution in [0.4, 0.5) is 4.39 Å². The minimum absolute atomic E-state index is 0.299. The fraction of sp³-hybridized carbons (Fsp3) is 0.357. The van der Waals surface area contributed by atoms with Crippen LogP contribution in [0.5, 0.6) is 0 Å². The molecule has 0 aliphatic heterocycles. The van der Waals surface area contributed by atoms with Crippen molar-refractivity contribution in [2.24, 2.45) is 5.92 Å². The Kier molecular flexibility index (Phi) is 5.40. The normalized spacial score (nSPS) is 12.1. The third kappa shape index (κ3) is 4.81. The third-order valence-corrected chi connectivity index (χ3v) is 2.71. The van der Waals surface area contributed by atoms with Gasteiger partial charge >= 0.3 is 5.97 Å². The van der Waals surface area contributed by atoms with Crippen LogP contribution in [0.2, 0.25) is 0 Å². The summed E-state index contributed by atoms with van der Waals surface area (Å²) in [6, 6.07) is 5.99. The lowest BCUT2D eigenvalue weighted by Crippen LogP contribution is -2.16. The van der Waals surface area contributed by atoms with E-state index in [9.17, 15) is 9.18 Å². The van der Waals surface area contributed by atoms with Gasteiger partial charge in [-0.15, -0.1) is 6.58 Å². The highest BCUT2D eigenvalue weighted by Crippen LogP contribution is 2.16. The maximum Gasteiger partial charge on any atom is 0.306 e. The van der Waals surface area contributed by atoms with Crippen molar-refractivity contribution in [3.05, 3.63) is 48.3 Å². The van der Waals surface area contributed by atoms with Crippen LogP contribution in [-0.4, -0.2) is 11.1 Å². The number of unbranched alkanes of at least 4 members (excludes halogenated alkanes) is 1. The average Bonchev–Trinajstić information content (AvgIpc) is 2.30. The van der Waals surface area contributed by atoms with E-state index < -0.39 is 11.9 Å². The molecule has 1 aromatic rings. The van der Waals surface area contributed by atoms with Crippen LogP contribution in [0.1, 0.15) is 24.8 Å². The van der Waals surface area contributed by atoms with Crippen molar-refractivity contribution >= 4 is 5.97 Å². The second-order valence-corrected chi connectivity index (χ2v) is 4.09. The van der Waals surface area contributed by atoms with E-state index in [-0.39, 0.29) is 5.82 Å². The molecule has 0 aromatic heterocycles.